The van der Waals surface area contributed by atoms with Crippen LogP contribution in [0.25, 0.3) is 0 Å². The lowest BCUT2D eigenvalue weighted by Crippen LogP contribution is -2.46. The second-order valence-electron chi connectivity index (χ2n) is 12.8. The molecule has 3 aliphatic carbocycles. The minimum atomic E-state index is -0.269. The zero-order valence-corrected chi connectivity index (χ0v) is 22.2. The van der Waals surface area contributed by atoms with Crippen LogP contribution in [0.4, 0.5) is 5.69 Å². The summed E-state index contributed by atoms with van der Waals surface area (Å²) >= 11 is 0. The van der Waals surface area contributed by atoms with Crippen molar-refractivity contribution in [2.45, 2.75) is 91.1 Å². The number of allylic oxidation sites excluding steroid dienone is 2. The highest BCUT2D eigenvalue weighted by molar-refractivity contribution is 7.71. The first-order chi connectivity index (χ1) is 15.3. The molecular weight excluding hydrogens is 405 g/mol. The van der Waals surface area contributed by atoms with Gasteiger partial charge in [-0.25, -0.2) is 0 Å². The topological polar surface area (TPSA) is 3.24 Å². The highest BCUT2D eigenvalue weighted by Gasteiger charge is 2.51. The van der Waals surface area contributed by atoms with Gasteiger partial charge < -0.3 is 4.90 Å². The molecule has 32 heavy (non-hydrogen) atoms. The maximum atomic E-state index is 2.79. The van der Waals surface area contributed by atoms with Crippen LogP contribution in [0.3, 0.4) is 0 Å². The summed E-state index contributed by atoms with van der Waals surface area (Å²) in [5, 5.41) is 4.14. The summed E-state index contributed by atoms with van der Waals surface area (Å²) in [7, 11) is -0.269. The summed E-state index contributed by atoms with van der Waals surface area (Å²) in [5.74, 6) is 5.20. The van der Waals surface area contributed by atoms with Crippen molar-refractivity contribution in [2.75, 3.05) is 18.0 Å². The number of piperidine rings is 1. The Morgan fingerprint density at radius 2 is 1.44 bits per heavy atom. The quantitative estimate of drug-likeness (QED) is 0.417. The number of benzene rings is 1. The third kappa shape index (κ3) is 4.45. The first kappa shape index (κ1) is 23.0. The van der Waals surface area contributed by atoms with E-state index in [2.05, 4.69) is 69.9 Å². The van der Waals surface area contributed by atoms with E-state index in [1.165, 1.54) is 64.5 Å². The van der Waals surface area contributed by atoms with Gasteiger partial charge in [0.05, 0.1) is 0 Å². The number of anilines is 1. The number of nitrogens with zero attached hydrogens (tertiary/aromatic N) is 1. The minimum Gasteiger partial charge on any atom is -0.370 e. The molecule has 2 heteroatoms. The second-order valence-corrected chi connectivity index (χ2v) is 15.5. The van der Waals surface area contributed by atoms with Crippen LogP contribution in [0.15, 0.2) is 35.7 Å². The predicted molar refractivity (Wildman–Crippen MR) is 142 cm³/mol. The summed E-state index contributed by atoms with van der Waals surface area (Å²) < 4.78 is 0. The predicted octanol–water partition coefficient (Wildman–Crippen LogP) is 8.19. The Kier molecular flexibility index (Phi) is 6.52. The number of hydrogen-bond acceptors (Lipinski definition) is 1. The number of fused-ring (bicyclic) bond motifs is 2. The van der Waals surface area contributed by atoms with Crippen molar-refractivity contribution in [1.82, 2.24) is 0 Å². The first-order valence-electron chi connectivity index (χ1n) is 13.7. The van der Waals surface area contributed by atoms with Crippen LogP contribution in [0.1, 0.15) is 86.0 Å². The summed E-state index contributed by atoms with van der Waals surface area (Å²) in [4.78, 5) is 2.79. The van der Waals surface area contributed by atoms with E-state index in [1.54, 1.807) is 11.0 Å². The average Bonchev–Trinajstić information content (AvgIpc) is 3.12. The largest absolute Gasteiger partial charge is 0.370 e. The Bertz CT molecular complexity index is 813. The summed E-state index contributed by atoms with van der Waals surface area (Å²) in [5.41, 5.74) is 1.60. The van der Waals surface area contributed by atoms with E-state index in [0.29, 0.717) is 5.16 Å². The Labute approximate surface area is 199 Å². The van der Waals surface area contributed by atoms with E-state index in [-0.39, 0.29) is 7.92 Å². The van der Waals surface area contributed by atoms with Crippen molar-refractivity contribution in [3.8, 4) is 0 Å². The van der Waals surface area contributed by atoms with Gasteiger partial charge in [0.1, 0.15) is 0 Å². The van der Waals surface area contributed by atoms with Crippen LogP contribution in [-0.4, -0.2) is 18.2 Å². The van der Waals surface area contributed by atoms with E-state index >= 15 is 0 Å². The molecule has 0 radical (unpaired) electrons. The van der Waals surface area contributed by atoms with E-state index in [1.807, 2.05) is 5.31 Å². The fraction of sp³-hybridized carbons (Fsp3) is 0.733. The monoisotopic (exact) mass is 451 g/mol. The van der Waals surface area contributed by atoms with Crippen LogP contribution >= 0.6 is 7.92 Å². The molecule has 4 aliphatic rings. The average molecular weight is 452 g/mol. The lowest BCUT2D eigenvalue weighted by atomic mass is 9.65. The van der Waals surface area contributed by atoms with E-state index < -0.39 is 0 Å². The molecule has 0 amide bonds. The molecule has 1 aliphatic heterocycles. The van der Waals surface area contributed by atoms with Gasteiger partial charge in [-0.1, -0.05) is 58.9 Å². The second kappa shape index (κ2) is 9.09. The molecule has 0 aromatic heterocycles. The third-order valence-electron chi connectivity index (χ3n) is 9.00. The van der Waals surface area contributed by atoms with Crippen molar-refractivity contribution < 1.29 is 0 Å². The molecule has 1 aromatic rings. The van der Waals surface area contributed by atoms with Gasteiger partial charge in [-0.3, -0.25) is 0 Å². The molecule has 0 spiro atoms. The van der Waals surface area contributed by atoms with Crippen molar-refractivity contribution >= 4 is 18.9 Å². The molecule has 1 saturated heterocycles. The van der Waals surface area contributed by atoms with Crippen molar-refractivity contribution in [2.24, 2.45) is 35.5 Å². The van der Waals surface area contributed by atoms with Crippen LogP contribution < -0.4 is 10.2 Å². The molecule has 5 rings (SSSR count). The van der Waals surface area contributed by atoms with Gasteiger partial charge >= 0.3 is 0 Å². The van der Waals surface area contributed by atoms with Gasteiger partial charge in [0.25, 0.3) is 0 Å². The van der Waals surface area contributed by atoms with Crippen molar-refractivity contribution in [1.29, 1.82) is 0 Å². The van der Waals surface area contributed by atoms with Gasteiger partial charge in [0, 0.05) is 24.1 Å². The van der Waals surface area contributed by atoms with Crippen molar-refractivity contribution in [3.63, 3.8) is 0 Å². The molecule has 0 N–H and O–H groups in total. The highest BCUT2D eigenvalue weighted by atomic mass is 31.1. The standard InChI is InChI=1S/C30H46NP/c1-21-10-11-27(15-21)32(30-16-22(2)13-26(18-30)14-23(3)17-30)29-9-7-6-8-28(29)31-19-24(4)12-25(5)20-31/h6-9,11,21-26H,10,12-20H2,1-5H3. The Morgan fingerprint density at radius 3 is 2.06 bits per heavy atom. The van der Waals surface area contributed by atoms with Crippen LogP contribution in [0.2, 0.25) is 0 Å². The lowest BCUT2D eigenvalue weighted by Gasteiger charge is -2.55. The van der Waals surface area contributed by atoms with Crippen LogP contribution in [-0.2, 0) is 0 Å². The number of hydrogen-bond donors (Lipinski definition) is 0. The van der Waals surface area contributed by atoms with Crippen LogP contribution in [0, 0.1) is 35.5 Å². The third-order valence-corrected chi connectivity index (χ3v) is 12.3. The SMILES string of the molecule is CC1CC=C(P(c2ccccc2N2CC(C)CC(C)C2)C23CC(C)CC(CC(C)C2)C3)C1. The zero-order chi connectivity index (χ0) is 22.5. The Morgan fingerprint density at radius 1 is 0.781 bits per heavy atom. The summed E-state index contributed by atoms with van der Waals surface area (Å²) in [6.45, 7) is 15.0. The molecule has 1 heterocycles. The molecule has 6 atom stereocenters. The minimum absolute atomic E-state index is 0.269. The van der Waals surface area contributed by atoms with E-state index in [4.69, 9.17) is 0 Å². The van der Waals surface area contributed by atoms with Crippen molar-refractivity contribution in [3.05, 3.63) is 35.7 Å². The fourth-order valence-corrected chi connectivity index (χ4v) is 12.8. The molecule has 1 nitrogen and oxygen atoms in total. The Hall–Kier alpha value is -0.810. The molecule has 2 bridgehead atoms. The number of para-hydroxylation sites is 1. The smallest absolute Gasteiger partial charge is 0.0447 e. The molecule has 3 fully saturated rings. The highest BCUT2D eigenvalue weighted by Crippen LogP contribution is 2.69. The van der Waals surface area contributed by atoms with Gasteiger partial charge in [0.15, 0.2) is 0 Å². The summed E-state index contributed by atoms with van der Waals surface area (Å²) in [6.07, 6.45) is 14.1. The Balaban J connectivity index is 1.60. The maximum Gasteiger partial charge on any atom is 0.0447 e. The fourth-order valence-electron chi connectivity index (χ4n) is 8.46. The van der Waals surface area contributed by atoms with Gasteiger partial charge in [-0.2, -0.15) is 0 Å². The van der Waals surface area contributed by atoms with Gasteiger partial charge in [-0.15, -0.1) is 0 Å². The summed E-state index contributed by atoms with van der Waals surface area (Å²) in [6, 6.07) is 9.73. The van der Waals surface area contributed by atoms with Gasteiger partial charge in [-0.05, 0) is 111 Å². The first-order valence-corrected chi connectivity index (χ1v) is 15.0. The maximum absolute atomic E-state index is 2.79. The van der Waals surface area contributed by atoms with Crippen LogP contribution in [0.5, 0.6) is 0 Å². The van der Waals surface area contributed by atoms with Gasteiger partial charge in [0.2, 0.25) is 0 Å². The molecular formula is C30H46NP. The molecule has 6 unspecified atom stereocenters. The number of rotatable bonds is 4. The molecule has 1 aromatic carbocycles. The molecule has 2 saturated carbocycles. The van der Waals surface area contributed by atoms with E-state index in [9.17, 15) is 0 Å². The lowest BCUT2D eigenvalue weighted by molar-refractivity contribution is 0.131. The van der Waals surface area contributed by atoms with E-state index in [0.717, 1.165) is 35.5 Å². The zero-order valence-electron chi connectivity index (χ0n) is 21.3. The molecule has 176 valence electrons. The normalized spacial score (nSPS) is 40.8.